The van der Waals surface area contributed by atoms with Gasteiger partial charge in [0, 0.05) is 63.1 Å². The van der Waals surface area contributed by atoms with Crippen molar-refractivity contribution in [2.45, 2.75) is 38.3 Å². The second-order valence-electron chi connectivity index (χ2n) is 9.52. The maximum atomic E-state index is 13.0. The van der Waals surface area contributed by atoms with Crippen LogP contribution < -0.4 is 16.0 Å². The Balaban J connectivity index is 1.20. The molecule has 5 heterocycles. The summed E-state index contributed by atoms with van der Waals surface area (Å²) in [4.78, 5) is 33.0. The third kappa shape index (κ3) is 5.10. The van der Waals surface area contributed by atoms with Crippen molar-refractivity contribution in [2.75, 3.05) is 56.4 Å². The maximum Gasteiger partial charge on any atom is 0.257 e. The van der Waals surface area contributed by atoms with Crippen molar-refractivity contribution in [1.82, 2.24) is 25.1 Å². The summed E-state index contributed by atoms with van der Waals surface area (Å²) in [5.41, 5.74) is 7.30. The average Bonchev–Trinajstić information content (AvgIpc) is 3.43. The number of halogens is 2. The van der Waals surface area contributed by atoms with Crippen LogP contribution in [0.3, 0.4) is 0 Å². The number of hydrogen-bond acceptors (Lipinski definition) is 8. The highest BCUT2D eigenvalue weighted by molar-refractivity contribution is 6.33. The largest absolute Gasteiger partial charge is 0.383 e. The van der Waals surface area contributed by atoms with Gasteiger partial charge in [0.15, 0.2) is 0 Å². The fraction of sp³-hybridized carbons (Fsp3) is 0.520. The highest BCUT2D eigenvalue weighted by Gasteiger charge is 2.35. The number of hydrogen-bond donors (Lipinski definition) is 2. The summed E-state index contributed by atoms with van der Waals surface area (Å²) in [6, 6.07) is 6.08. The first-order chi connectivity index (χ1) is 17.4. The van der Waals surface area contributed by atoms with Crippen LogP contribution in [0.4, 0.5) is 11.6 Å². The fourth-order valence-electron chi connectivity index (χ4n) is 5.49. The molecule has 2 aromatic rings. The minimum Gasteiger partial charge on any atom is -0.383 e. The summed E-state index contributed by atoms with van der Waals surface area (Å²) in [6.45, 7) is 7.98. The summed E-state index contributed by atoms with van der Waals surface area (Å²) < 4.78 is 0. The van der Waals surface area contributed by atoms with E-state index in [1.807, 2.05) is 17.2 Å². The molecule has 3 aliphatic rings. The van der Waals surface area contributed by atoms with Gasteiger partial charge in [0.05, 0.1) is 17.1 Å². The first kappa shape index (κ1) is 25.0. The lowest BCUT2D eigenvalue weighted by atomic mass is 9.97. The molecule has 0 aliphatic carbocycles. The molecule has 11 heteroatoms. The fourth-order valence-corrected chi connectivity index (χ4v) is 5.93. The number of nitrogens with two attached hydrogens (primary N) is 1. The molecule has 0 radical (unpaired) electrons. The standard InChI is InChI=1S/C25H32Cl2N8O/c1-2-17-15-34(24-20(26)13-16(14-31-24)23-29-7-8-30-23)11-12-35(17)18-5-9-33(10-6-18)25(36)19-3-4-21(27)32-22(19)28/h3-4,13-14,17-18H,2,5-12,15H2,1H3,(H2,28,32)(H,29,30)/t17-/m0/s1. The minimum absolute atomic E-state index is 0.0742. The van der Waals surface area contributed by atoms with E-state index in [2.05, 4.69) is 32.0 Å². The molecule has 1 amide bonds. The Morgan fingerprint density at radius 2 is 2.00 bits per heavy atom. The summed E-state index contributed by atoms with van der Waals surface area (Å²) in [7, 11) is 0. The van der Waals surface area contributed by atoms with E-state index in [9.17, 15) is 4.79 Å². The molecule has 3 aliphatic heterocycles. The lowest BCUT2D eigenvalue weighted by molar-refractivity contribution is 0.0491. The molecule has 9 nitrogen and oxygen atoms in total. The van der Waals surface area contributed by atoms with Crippen LogP contribution in [0.5, 0.6) is 0 Å². The number of nitrogen functional groups attached to an aromatic ring is 1. The predicted octanol–water partition coefficient (Wildman–Crippen LogP) is 2.92. The van der Waals surface area contributed by atoms with E-state index in [-0.39, 0.29) is 11.7 Å². The molecule has 0 spiro atoms. The van der Waals surface area contributed by atoms with Crippen LogP contribution in [0.1, 0.15) is 42.1 Å². The van der Waals surface area contributed by atoms with E-state index in [4.69, 9.17) is 33.9 Å². The number of likely N-dealkylation sites (tertiary alicyclic amines) is 1. The second-order valence-corrected chi connectivity index (χ2v) is 10.3. The summed E-state index contributed by atoms with van der Waals surface area (Å²) in [5, 5.41) is 4.23. The number of nitrogens with one attached hydrogen (secondary N) is 1. The first-order valence-corrected chi connectivity index (χ1v) is 13.4. The lowest BCUT2D eigenvalue weighted by Gasteiger charge is -2.47. The van der Waals surface area contributed by atoms with E-state index in [1.54, 1.807) is 12.1 Å². The average molecular weight is 531 g/mol. The number of carbonyl (C=O) groups is 1. The van der Waals surface area contributed by atoms with Crippen LogP contribution >= 0.6 is 23.2 Å². The van der Waals surface area contributed by atoms with Crippen molar-refractivity contribution in [3.63, 3.8) is 0 Å². The molecule has 0 saturated carbocycles. The molecule has 2 saturated heterocycles. The zero-order valence-electron chi connectivity index (χ0n) is 20.5. The smallest absolute Gasteiger partial charge is 0.257 e. The van der Waals surface area contributed by atoms with Gasteiger partial charge in [-0.2, -0.15) is 0 Å². The minimum atomic E-state index is -0.0742. The van der Waals surface area contributed by atoms with Crippen LogP contribution in [-0.2, 0) is 0 Å². The predicted molar refractivity (Wildman–Crippen MR) is 144 cm³/mol. The number of piperidine rings is 1. The van der Waals surface area contributed by atoms with Gasteiger partial charge in [0.1, 0.15) is 22.6 Å². The molecule has 0 aromatic carbocycles. The molecule has 36 heavy (non-hydrogen) atoms. The van der Waals surface area contributed by atoms with Crippen molar-refractivity contribution in [3.8, 4) is 0 Å². The van der Waals surface area contributed by atoms with Crippen LogP contribution in [0.25, 0.3) is 0 Å². The maximum absolute atomic E-state index is 13.0. The van der Waals surface area contributed by atoms with Crippen molar-refractivity contribution in [3.05, 3.63) is 45.7 Å². The number of anilines is 2. The summed E-state index contributed by atoms with van der Waals surface area (Å²) in [6.07, 6.45) is 4.78. The lowest BCUT2D eigenvalue weighted by Crippen LogP contribution is -2.58. The topological polar surface area (TPSA) is 103 Å². The molecule has 2 fully saturated rings. The molecule has 2 aromatic heterocycles. The number of amidine groups is 1. The van der Waals surface area contributed by atoms with Gasteiger partial charge in [-0.25, -0.2) is 9.97 Å². The molecule has 1 atom stereocenters. The number of rotatable bonds is 5. The molecular weight excluding hydrogens is 499 g/mol. The van der Waals surface area contributed by atoms with Crippen molar-refractivity contribution < 1.29 is 4.79 Å². The highest BCUT2D eigenvalue weighted by atomic mass is 35.5. The Hall–Kier alpha value is -2.62. The van der Waals surface area contributed by atoms with Gasteiger partial charge in [-0.15, -0.1) is 0 Å². The Labute approximate surface area is 221 Å². The monoisotopic (exact) mass is 530 g/mol. The molecule has 192 valence electrons. The third-order valence-corrected chi connectivity index (χ3v) is 7.90. The van der Waals surface area contributed by atoms with Crippen molar-refractivity contribution >= 4 is 46.6 Å². The number of nitrogens with zero attached hydrogens (tertiary/aromatic N) is 6. The Morgan fingerprint density at radius 1 is 1.19 bits per heavy atom. The van der Waals surface area contributed by atoms with E-state index >= 15 is 0 Å². The van der Waals surface area contributed by atoms with Crippen LogP contribution in [0.2, 0.25) is 10.2 Å². The first-order valence-electron chi connectivity index (χ1n) is 12.6. The highest BCUT2D eigenvalue weighted by Crippen LogP contribution is 2.30. The van der Waals surface area contributed by atoms with Crippen LogP contribution in [0.15, 0.2) is 29.4 Å². The SMILES string of the molecule is CC[C@H]1CN(c2ncc(C3=NCCN3)cc2Cl)CCN1C1CCN(C(=O)c2ccc(Cl)nc2N)CC1. The van der Waals surface area contributed by atoms with Crippen LogP contribution in [-0.4, -0.2) is 89.4 Å². The summed E-state index contributed by atoms with van der Waals surface area (Å²) >= 11 is 12.6. The Bertz CT molecular complexity index is 1150. The number of amides is 1. The zero-order chi connectivity index (χ0) is 25.2. The number of piperazine rings is 1. The Kier molecular flexibility index (Phi) is 7.50. The van der Waals surface area contributed by atoms with Gasteiger partial charge in [0.25, 0.3) is 5.91 Å². The summed E-state index contributed by atoms with van der Waals surface area (Å²) in [5.74, 6) is 1.82. The van der Waals surface area contributed by atoms with Gasteiger partial charge in [-0.3, -0.25) is 14.7 Å². The van der Waals surface area contributed by atoms with E-state index in [1.165, 1.54) is 0 Å². The van der Waals surface area contributed by atoms with Gasteiger partial charge in [-0.05, 0) is 37.5 Å². The quantitative estimate of drug-likeness (QED) is 0.572. The molecule has 0 bridgehead atoms. The van der Waals surface area contributed by atoms with Gasteiger partial charge >= 0.3 is 0 Å². The van der Waals surface area contributed by atoms with Crippen molar-refractivity contribution in [1.29, 1.82) is 0 Å². The van der Waals surface area contributed by atoms with Gasteiger partial charge < -0.3 is 20.9 Å². The molecular formula is C25H32Cl2N8O. The van der Waals surface area contributed by atoms with E-state index in [0.717, 1.165) is 69.2 Å². The van der Waals surface area contributed by atoms with Gasteiger partial charge in [-0.1, -0.05) is 30.1 Å². The van der Waals surface area contributed by atoms with E-state index < -0.39 is 0 Å². The van der Waals surface area contributed by atoms with E-state index in [0.29, 0.717) is 40.9 Å². The van der Waals surface area contributed by atoms with Gasteiger partial charge in [0.2, 0.25) is 0 Å². The normalized spacial score (nSPS) is 21.4. The number of aromatic nitrogens is 2. The molecule has 5 rings (SSSR count). The van der Waals surface area contributed by atoms with Crippen molar-refractivity contribution in [2.24, 2.45) is 4.99 Å². The zero-order valence-corrected chi connectivity index (χ0v) is 22.0. The second kappa shape index (κ2) is 10.8. The number of carbonyl (C=O) groups excluding carboxylic acids is 1. The number of aliphatic imine (C=N–C) groups is 1. The molecule has 3 N–H and O–H groups in total. The molecule has 0 unspecified atom stereocenters. The van der Waals surface area contributed by atoms with Crippen LogP contribution in [0, 0.1) is 0 Å². The third-order valence-electron chi connectivity index (χ3n) is 7.41. The number of pyridine rings is 2. The Morgan fingerprint density at radius 3 is 2.67 bits per heavy atom.